The highest BCUT2D eigenvalue weighted by Crippen LogP contribution is 2.37. The average Bonchev–Trinajstić information content (AvgIpc) is 2.07. The number of allylic oxidation sites excluding steroid dienone is 3. The van der Waals surface area contributed by atoms with Gasteiger partial charge in [-0.3, -0.25) is 0 Å². The predicted molar refractivity (Wildman–Crippen MR) is 53.9 cm³/mol. The Hall–Kier alpha value is -1.00. The van der Waals surface area contributed by atoms with Gasteiger partial charge >= 0.3 is 0 Å². The largest absolute Gasteiger partial charge is 0.130 e. The van der Waals surface area contributed by atoms with Crippen molar-refractivity contribution in [1.29, 1.82) is 0 Å². The molecule has 0 spiro atoms. The third kappa shape index (κ3) is 1.99. The van der Waals surface area contributed by atoms with Gasteiger partial charge in [-0.15, -0.1) is 18.9 Å². The van der Waals surface area contributed by atoms with E-state index in [2.05, 4.69) is 31.0 Å². The molecule has 12 heavy (non-hydrogen) atoms. The Labute approximate surface area is 75.0 Å². The Balaban J connectivity index is 2.67. The smallest absolute Gasteiger partial charge is 0.0148 e. The number of rotatable bonds is 4. The van der Waals surface area contributed by atoms with Crippen molar-refractivity contribution in [3.8, 4) is 0 Å². The van der Waals surface area contributed by atoms with Crippen molar-refractivity contribution < 1.29 is 0 Å². The second kappa shape index (κ2) is 4.13. The van der Waals surface area contributed by atoms with Crippen LogP contribution in [0.2, 0.25) is 0 Å². The summed E-state index contributed by atoms with van der Waals surface area (Å²) in [6, 6.07) is 0. The first-order valence-electron chi connectivity index (χ1n) is 4.44. The summed E-state index contributed by atoms with van der Waals surface area (Å²) >= 11 is 0. The van der Waals surface area contributed by atoms with Gasteiger partial charge in [0.05, 0.1) is 0 Å². The molecule has 0 unspecified atom stereocenters. The maximum absolute atomic E-state index is 3.80. The first-order chi connectivity index (χ1) is 5.83. The summed E-state index contributed by atoms with van der Waals surface area (Å²) in [7, 11) is 0. The van der Waals surface area contributed by atoms with E-state index < -0.39 is 0 Å². The van der Waals surface area contributed by atoms with Crippen LogP contribution in [-0.4, -0.2) is 0 Å². The summed E-state index contributed by atoms with van der Waals surface area (Å²) in [6.45, 7) is 7.60. The van der Waals surface area contributed by atoms with Crippen molar-refractivity contribution in [3.63, 3.8) is 0 Å². The SMILES string of the molecule is C=CCC1(CC=C)CC=C=CC1. The van der Waals surface area contributed by atoms with Gasteiger partial charge in [0, 0.05) is 0 Å². The quantitative estimate of drug-likeness (QED) is 0.435. The van der Waals surface area contributed by atoms with Gasteiger partial charge in [0.25, 0.3) is 0 Å². The summed E-state index contributed by atoms with van der Waals surface area (Å²) in [6.07, 6.45) is 12.6. The molecule has 0 saturated heterocycles. The van der Waals surface area contributed by atoms with Crippen molar-refractivity contribution in [3.05, 3.63) is 43.2 Å². The van der Waals surface area contributed by atoms with E-state index in [1.807, 2.05) is 12.2 Å². The van der Waals surface area contributed by atoms with Crippen molar-refractivity contribution >= 4 is 0 Å². The normalized spacial score (nSPS) is 19.0. The van der Waals surface area contributed by atoms with E-state index >= 15 is 0 Å². The van der Waals surface area contributed by atoms with E-state index in [4.69, 9.17) is 0 Å². The minimum absolute atomic E-state index is 0.370. The zero-order valence-corrected chi connectivity index (χ0v) is 7.55. The molecule has 1 aliphatic carbocycles. The topological polar surface area (TPSA) is 0 Å². The maximum Gasteiger partial charge on any atom is -0.0148 e. The van der Waals surface area contributed by atoms with Crippen LogP contribution in [0.4, 0.5) is 0 Å². The van der Waals surface area contributed by atoms with Crippen LogP contribution < -0.4 is 0 Å². The van der Waals surface area contributed by atoms with Crippen LogP contribution in [0, 0.1) is 5.41 Å². The summed E-state index contributed by atoms with van der Waals surface area (Å²) in [5.74, 6) is 0. The molecule has 0 saturated carbocycles. The molecule has 64 valence electrons. The van der Waals surface area contributed by atoms with Gasteiger partial charge in [-0.25, -0.2) is 0 Å². The second-order valence-corrected chi connectivity index (χ2v) is 3.47. The molecule has 0 heterocycles. The lowest BCUT2D eigenvalue weighted by Gasteiger charge is -2.30. The lowest BCUT2D eigenvalue weighted by molar-refractivity contribution is 0.297. The number of hydrogen-bond donors (Lipinski definition) is 0. The highest BCUT2D eigenvalue weighted by Gasteiger charge is 2.25. The molecular weight excluding hydrogens is 144 g/mol. The van der Waals surface area contributed by atoms with Crippen LogP contribution in [0.15, 0.2) is 43.2 Å². The first kappa shape index (κ1) is 9.09. The van der Waals surface area contributed by atoms with Crippen LogP contribution >= 0.6 is 0 Å². The van der Waals surface area contributed by atoms with Crippen LogP contribution in [0.25, 0.3) is 0 Å². The van der Waals surface area contributed by atoms with E-state index in [1.165, 1.54) is 0 Å². The Morgan fingerprint density at radius 1 is 1.17 bits per heavy atom. The molecule has 0 radical (unpaired) electrons. The van der Waals surface area contributed by atoms with Gasteiger partial charge in [-0.1, -0.05) is 12.2 Å². The van der Waals surface area contributed by atoms with Crippen molar-refractivity contribution in [2.45, 2.75) is 25.7 Å². The fraction of sp³-hybridized carbons (Fsp3) is 0.417. The molecule has 0 atom stereocenters. The van der Waals surface area contributed by atoms with Gasteiger partial charge in [-0.2, -0.15) is 0 Å². The molecule has 0 N–H and O–H groups in total. The molecule has 0 aromatic heterocycles. The molecule has 1 aliphatic rings. The zero-order chi connectivity index (χ0) is 8.86. The fourth-order valence-corrected chi connectivity index (χ4v) is 1.75. The van der Waals surface area contributed by atoms with Gasteiger partial charge in [0.15, 0.2) is 0 Å². The lowest BCUT2D eigenvalue weighted by Crippen LogP contribution is -2.18. The molecule has 0 amide bonds. The molecule has 0 aromatic carbocycles. The maximum atomic E-state index is 3.80. The van der Waals surface area contributed by atoms with Crippen LogP contribution in [0.5, 0.6) is 0 Å². The highest BCUT2D eigenvalue weighted by atomic mass is 14.3. The minimum atomic E-state index is 0.370. The van der Waals surface area contributed by atoms with Crippen LogP contribution in [0.1, 0.15) is 25.7 Å². The molecule has 0 heteroatoms. The summed E-state index contributed by atoms with van der Waals surface area (Å²) in [4.78, 5) is 0. The average molecular weight is 160 g/mol. The minimum Gasteiger partial charge on any atom is -0.130 e. The third-order valence-electron chi connectivity index (χ3n) is 2.46. The van der Waals surface area contributed by atoms with E-state index in [9.17, 15) is 0 Å². The van der Waals surface area contributed by atoms with E-state index in [0.717, 1.165) is 25.7 Å². The Bertz CT molecular complexity index is 204. The molecular formula is C12H16. The van der Waals surface area contributed by atoms with Gasteiger partial charge < -0.3 is 0 Å². The lowest BCUT2D eigenvalue weighted by atomic mass is 9.74. The molecule has 0 aromatic rings. The predicted octanol–water partition coefficient (Wildman–Crippen LogP) is 3.63. The van der Waals surface area contributed by atoms with E-state index in [1.54, 1.807) is 0 Å². The molecule has 0 bridgehead atoms. The molecule has 1 rings (SSSR count). The van der Waals surface area contributed by atoms with Crippen LogP contribution in [-0.2, 0) is 0 Å². The Morgan fingerprint density at radius 2 is 1.67 bits per heavy atom. The summed E-state index contributed by atoms with van der Waals surface area (Å²) in [5, 5.41) is 0. The van der Waals surface area contributed by atoms with Gasteiger partial charge in [-0.05, 0) is 43.3 Å². The zero-order valence-electron chi connectivity index (χ0n) is 7.55. The van der Waals surface area contributed by atoms with Gasteiger partial charge in [0.2, 0.25) is 0 Å². The fourth-order valence-electron chi connectivity index (χ4n) is 1.75. The Morgan fingerprint density at radius 3 is 2.08 bits per heavy atom. The second-order valence-electron chi connectivity index (χ2n) is 3.47. The van der Waals surface area contributed by atoms with Crippen LogP contribution in [0.3, 0.4) is 0 Å². The van der Waals surface area contributed by atoms with E-state index in [0.29, 0.717) is 5.41 Å². The summed E-state index contributed by atoms with van der Waals surface area (Å²) in [5.41, 5.74) is 3.51. The van der Waals surface area contributed by atoms with Crippen molar-refractivity contribution in [2.75, 3.05) is 0 Å². The van der Waals surface area contributed by atoms with Crippen molar-refractivity contribution in [1.82, 2.24) is 0 Å². The van der Waals surface area contributed by atoms with E-state index in [-0.39, 0.29) is 0 Å². The van der Waals surface area contributed by atoms with Gasteiger partial charge in [0.1, 0.15) is 0 Å². The first-order valence-corrected chi connectivity index (χ1v) is 4.44. The highest BCUT2D eigenvalue weighted by molar-refractivity contribution is 5.05. The molecule has 0 fully saturated rings. The Kier molecular flexibility index (Phi) is 3.13. The summed E-state index contributed by atoms with van der Waals surface area (Å²) < 4.78 is 0. The monoisotopic (exact) mass is 160 g/mol. The van der Waals surface area contributed by atoms with Crippen molar-refractivity contribution in [2.24, 2.45) is 5.41 Å². The molecule has 0 nitrogen and oxygen atoms in total. The number of hydrogen-bond acceptors (Lipinski definition) is 0. The molecule has 0 aliphatic heterocycles. The standard InChI is InChI=1S/C12H16/c1-3-8-12(9-4-2)10-6-5-7-11-12/h3-4,6-7H,1-2,8-11H2. The third-order valence-corrected chi connectivity index (χ3v) is 2.46.